The van der Waals surface area contributed by atoms with E-state index in [9.17, 15) is 14.7 Å². The van der Waals surface area contributed by atoms with Crippen LogP contribution in [0.4, 0.5) is 0 Å². The van der Waals surface area contributed by atoms with Crippen molar-refractivity contribution in [3.63, 3.8) is 0 Å². The molecule has 0 saturated carbocycles. The number of esters is 2. The highest BCUT2D eigenvalue weighted by Crippen LogP contribution is 2.11. The highest BCUT2D eigenvalue weighted by molar-refractivity contribution is 5.98. The maximum Gasteiger partial charge on any atom is 0.341 e. The molecule has 8 heteroatoms. The summed E-state index contributed by atoms with van der Waals surface area (Å²) >= 11 is 0. The van der Waals surface area contributed by atoms with Crippen LogP contribution in [-0.4, -0.2) is 73.0 Å². The van der Waals surface area contributed by atoms with Gasteiger partial charge in [-0.1, -0.05) is 13.2 Å². The zero-order valence-corrected chi connectivity index (χ0v) is 16.4. The maximum atomic E-state index is 11.6. The molecule has 0 aromatic rings. The van der Waals surface area contributed by atoms with Gasteiger partial charge in [0, 0.05) is 11.6 Å². The van der Waals surface area contributed by atoms with E-state index in [-0.39, 0.29) is 44.0 Å². The lowest BCUT2D eigenvalue weighted by molar-refractivity contribution is -0.153. The minimum absolute atomic E-state index is 0.112. The van der Waals surface area contributed by atoms with Crippen molar-refractivity contribution < 1.29 is 38.7 Å². The smallest absolute Gasteiger partial charge is 0.341 e. The van der Waals surface area contributed by atoms with Gasteiger partial charge >= 0.3 is 11.9 Å². The molecule has 156 valence electrons. The molecule has 8 nitrogen and oxygen atoms in total. The van der Waals surface area contributed by atoms with Crippen LogP contribution in [0.1, 0.15) is 33.6 Å². The quantitative estimate of drug-likeness (QED) is 0.244. The Kier molecular flexibility index (Phi) is 13.6. The van der Waals surface area contributed by atoms with Crippen molar-refractivity contribution in [2.45, 2.75) is 58.0 Å². The highest BCUT2D eigenvalue weighted by Gasteiger charge is 2.16. The summed E-state index contributed by atoms with van der Waals surface area (Å²) in [6, 6.07) is 0. The Hall–Kier alpha value is -1.58. The number of ether oxygens (including phenoxy) is 4. The van der Waals surface area contributed by atoms with E-state index in [4.69, 9.17) is 19.3 Å². The van der Waals surface area contributed by atoms with Gasteiger partial charge in [0.25, 0.3) is 0 Å². The minimum Gasteiger partial charge on any atom is -0.394 e. The molecule has 0 rings (SSSR count). The van der Waals surface area contributed by atoms with Crippen LogP contribution in [0.15, 0.2) is 24.8 Å². The Balaban J connectivity index is 4.08. The number of aliphatic hydroxyl groups is 2. The topological polar surface area (TPSA) is 112 Å². The van der Waals surface area contributed by atoms with E-state index in [1.165, 1.54) is 0 Å². The van der Waals surface area contributed by atoms with E-state index in [0.717, 1.165) is 6.08 Å². The number of hydrogen-bond acceptors (Lipinski definition) is 8. The molecule has 4 atom stereocenters. The lowest BCUT2D eigenvalue weighted by Gasteiger charge is -2.21. The molecule has 27 heavy (non-hydrogen) atoms. The molecule has 0 aliphatic rings. The van der Waals surface area contributed by atoms with Crippen LogP contribution >= 0.6 is 0 Å². The lowest BCUT2D eigenvalue weighted by Crippen LogP contribution is -2.28. The van der Waals surface area contributed by atoms with Crippen LogP contribution in [0, 0.1) is 0 Å². The zero-order chi connectivity index (χ0) is 20.8. The van der Waals surface area contributed by atoms with E-state index in [2.05, 4.69) is 17.9 Å². The summed E-state index contributed by atoms with van der Waals surface area (Å²) in [5.41, 5.74) is 0.112. The number of carbonyl (C=O) groups is 2. The Morgan fingerprint density at radius 3 is 2.11 bits per heavy atom. The molecular formula is C19H32O8. The predicted molar refractivity (Wildman–Crippen MR) is 99.0 cm³/mol. The van der Waals surface area contributed by atoms with Crippen molar-refractivity contribution in [1.82, 2.24) is 0 Å². The van der Waals surface area contributed by atoms with E-state index in [1.54, 1.807) is 6.92 Å². The normalized spacial score (nSPS) is 15.4. The van der Waals surface area contributed by atoms with Crippen molar-refractivity contribution in [2.75, 3.05) is 26.4 Å². The van der Waals surface area contributed by atoms with Crippen LogP contribution in [-0.2, 0) is 28.5 Å². The van der Waals surface area contributed by atoms with Gasteiger partial charge in [-0.25, -0.2) is 9.59 Å². The molecule has 0 aromatic carbocycles. The highest BCUT2D eigenvalue weighted by atomic mass is 16.6. The maximum absolute atomic E-state index is 11.6. The van der Waals surface area contributed by atoms with Gasteiger partial charge in [-0.2, -0.15) is 0 Å². The Morgan fingerprint density at radius 2 is 1.59 bits per heavy atom. The van der Waals surface area contributed by atoms with Gasteiger partial charge in [-0.05, 0) is 33.6 Å². The zero-order valence-electron chi connectivity index (χ0n) is 16.4. The number of carbonyl (C=O) groups excluding carboxylic acids is 2. The third-order valence-electron chi connectivity index (χ3n) is 3.42. The molecule has 2 N–H and O–H groups in total. The second-order valence-corrected chi connectivity index (χ2v) is 6.33. The van der Waals surface area contributed by atoms with Crippen molar-refractivity contribution in [3.05, 3.63) is 24.8 Å². The Morgan fingerprint density at radius 1 is 1.04 bits per heavy atom. The van der Waals surface area contributed by atoms with E-state index >= 15 is 0 Å². The molecule has 0 aromatic heterocycles. The second kappa shape index (κ2) is 14.5. The van der Waals surface area contributed by atoms with E-state index in [0.29, 0.717) is 13.0 Å². The third-order valence-corrected chi connectivity index (χ3v) is 3.42. The molecule has 0 heterocycles. The van der Waals surface area contributed by atoms with Crippen molar-refractivity contribution in [1.29, 1.82) is 0 Å². The summed E-state index contributed by atoms with van der Waals surface area (Å²) in [4.78, 5) is 22.6. The minimum atomic E-state index is -0.839. The molecule has 0 saturated heterocycles. The Bertz CT molecular complexity index is 474. The molecule has 0 amide bonds. The van der Waals surface area contributed by atoms with E-state index < -0.39 is 24.1 Å². The van der Waals surface area contributed by atoms with Gasteiger partial charge in [-0.15, -0.1) is 0 Å². The van der Waals surface area contributed by atoms with Crippen molar-refractivity contribution in [2.24, 2.45) is 0 Å². The molecule has 4 unspecified atom stereocenters. The fourth-order valence-electron chi connectivity index (χ4n) is 1.84. The molecule has 0 radical (unpaired) electrons. The van der Waals surface area contributed by atoms with Crippen LogP contribution in [0.2, 0.25) is 0 Å². The Labute approximate surface area is 160 Å². The van der Waals surface area contributed by atoms with Gasteiger partial charge < -0.3 is 29.2 Å². The fourth-order valence-corrected chi connectivity index (χ4v) is 1.84. The second-order valence-electron chi connectivity index (χ2n) is 6.33. The molecular weight excluding hydrogens is 356 g/mol. The number of aliphatic hydroxyl groups excluding tert-OH is 2. The van der Waals surface area contributed by atoms with Crippen LogP contribution in [0.25, 0.3) is 0 Å². The molecule has 0 aliphatic heterocycles. The number of rotatable bonds is 15. The van der Waals surface area contributed by atoms with Gasteiger partial charge in [-0.3, -0.25) is 0 Å². The largest absolute Gasteiger partial charge is 0.394 e. The average molecular weight is 388 g/mol. The van der Waals surface area contributed by atoms with Crippen LogP contribution in [0.5, 0.6) is 0 Å². The summed E-state index contributed by atoms with van der Waals surface area (Å²) in [5.74, 6) is -1.66. The van der Waals surface area contributed by atoms with Crippen LogP contribution in [0.3, 0.4) is 0 Å². The monoisotopic (exact) mass is 388 g/mol. The van der Waals surface area contributed by atoms with Gasteiger partial charge in [0.2, 0.25) is 0 Å². The summed E-state index contributed by atoms with van der Waals surface area (Å²) in [6.45, 7) is 12.7. The van der Waals surface area contributed by atoms with Gasteiger partial charge in [0.1, 0.15) is 0 Å². The van der Waals surface area contributed by atoms with Crippen molar-refractivity contribution >= 4 is 11.9 Å². The SMILES string of the molecule is C=CC(=O)OC(=O)C(=C)CCC(CO)OCC(C)OCC(C)OCC(C)O. The predicted octanol–water partition coefficient (Wildman–Crippen LogP) is 1.15. The van der Waals surface area contributed by atoms with Crippen LogP contribution < -0.4 is 0 Å². The average Bonchev–Trinajstić information content (AvgIpc) is 2.64. The first-order valence-electron chi connectivity index (χ1n) is 8.89. The summed E-state index contributed by atoms with van der Waals surface area (Å²) in [6.07, 6.45) is 0.0300. The summed E-state index contributed by atoms with van der Waals surface area (Å²) in [7, 11) is 0. The third kappa shape index (κ3) is 13.3. The first-order chi connectivity index (χ1) is 12.7. The first kappa shape index (κ1) is 25.4. The summed E-state index contributed by atoms with van der Waals surface area (Å²) in [5, 5.41) is 18.6. The molecule has 0 bridgehead atoms. The van der Waals surface area contributed by atoms with Crippen molar-refractivity contribution in [3.8, 4) is 0 Å². The summed E-state index contributed by atoms with van der Waals surface area (Å²) < 4.78 is 21.0. The molecule has 0 fully saturated rings. The number of hydrogen-bond donors (Lipinski definition) is 2. The lowest BCUT2D eigenvalue weighted by atomic mass is 10.1. The van der Waals surface area contributed by atoms with Gasteiger partial charge in [0.15, 0.2) is 0 Å². The standard InChI is InChI=1S/C19H32O8/c1-6-18(22)27-19(23)13(2)7-8-17(9-20)26-12-16(5)25-11-15(4)24-10-14(3)21/h6,14-17,20-21H,1-2,7-12H2,3-5H3. The molecule has 0 spiro atoms. The first-order valence-corrected chi connectivity index (χ1v) is 8.89. The van der Waals surface area contributed by atoms with Gasteiger partial charge in [0.05, 0.1) is 50.8 Å². The van der Waals surface area contributed by atoms with E-state index in [1.807, 2.05) is 13.8 Å². The molecule has 0 aliphatic carbocycles. The fraction of sp³-hybridized carbons (Fsp3) is 0.684.